The molecule has 3 heterocycles. The number of esters is 1. The Kier molecular flexibility index (Phi) is 10.6. The molecule has 0 atom stereocenters. The number of piperazine rings is 1. The molecule has 0 saturated carbocycles. The molecule has 198 valence electrons. The van der Waals surface area contributed by atoms with Crippen LogP contribution < -0.4 is 29.3 Å². The second kappa shape index (κ2) is 13.2. The average molecular weight is 625 g/mol. The second-order valence-electron chi connectivity index (χ2n) is 10.3. The van der Waals surface area contributed by atoms with Gasteiger partial charge < -0.3 is 38.9 Å². The van der Waals surface area contributed by atoms with Gasteiger partial charge in [0.25, 0.3) is 0 Å². The average Bonchev–Trinajstić information content (AvgIpc) is 3.15. The Hall–Kier alpha value is -1.65. The van der Waals surface area contributed by atoms with E-state index in [-0.39, 0.29) is 35.9 Å². The Morgan fingerprint density at radius 3 is 2.50 bits per heavy atom. The maximum absolute atomic E-state index is 12.9. The molecular formula is C28H41IN4O2S. The van der Waals surface area contributed by atoms with Gasteiger partial charge in [-0.3, -0.25) is 9.28 Å². The summed E-state index contributed by atoms with van der Waals surface area (Å²) >= 11 is 1.78. The van der Waals surface area contributed by atoms with Crippen molar-refractivity contribution in [1.82, 2.24) is 4.90 Å². The predicted molar refractivity (Wildman–Crippen MR) is 146 cm³/mol. The van der Waals surface area contributed by atoms with Crippen molar-refractivity contribution in [2.75, 3.05) is 45.3 Å². The zero-order valence-electron chi connectivity index (χ0n) is 22.2. The molecule has 0 aliphatic carbocycles. The molecule has 1 aromatic carbocycles. The molecule has 2 aliphatic heterocycles. The number of carbonyl (C=O) groups excluding carboxylic acids is 1. The number of unbranched alkanes of at least 4 members (excludes halogenated alkanes) is 2. The lowest BCUT2D eigenvalue weighted by atomic mass is 9.96. The van der Waals surface area contributed by atoms with Gasteiger partial charge in [0.15, 0.2) is 0 Å². The molecule has 8 heteroatoms. The molecule has 1 N–H and O–H groups in total. The SMILES string of the molecule is CCCCC(CCCC)C(=O)OC[N+]1(C)CCN(C2=Nc3ccccc3Nc3sc(C)cc32)CC1.[I-]. The van der Waals surface area contributed by atoms with Gasteiger partial charge in [-0.05, 0) is 38.0 Å². The number of aliphatic imine (C=N–C) groups is 1. The molecule has 0 unspecified atom stereocenters. The van der Waals surface area contributed by atoms with Crippen LogP contribution in [0.3, 0.4) is 0 Å². The van der Waals surface area contributed by atoms with E-state index < -0.39 is 0 Å². The van der Waals surface area contributed by atoms with Gasteiger partial charge >= 0.3 is 5.97 Å². The van der Waals surface area contributed by atoms with Crippen LogP contribution in [0.15, 0.2) is 35.3 Å². The number of para-hydroxylation sites is 2. The largest absolute Gasteiger partial charge is 1.00 e. The van der Waals surface area contributed by atoms with Crippen LogP contribution in [0.25, 0.3) is 0 Å². The molecule has 2 aliphatic rings. The number of nitrogens with zero attached hydrogens (tertiary/aromatic N) is 3. The van der Waals surface area contributed by atoms with Crippen molar-refractivity contribution >= 4 is 39.5 Å². The molecule has 1 saturated heterocycles. The smallest absolute Gasteiger partial charge is 0.313 e. The van der Waals surface area contributed by atoms with Crippen molar-refractivity contribution in [3.8, 4) is 0 Å². The molecule has 0 radical (unpaired) electrons. The van der Waals surface area contributed by atoms with Gasteiger partial charge in [-0.15, -0.1) is 11.3 Å². The van der Waals surface area contributed by atoms with Crippen molar-refractivity contribution < 1.29 is 38.0 Å². The highest BCUT2D eigenvalue weighted by Gasteiger charge is 2.34. The number of benzene rings is 1. The summed E-state index contributed by atoms with van der Waals surface area (Å²) in [5, 5.41) is 4.76. The van der Waals surface area contributed by atoms with Crippen LogP contribution in [0.4, 0.5) is 16.4 Å². The number of ether oxygens (including phenoxy) is 1. The molecular weight excluding hydrogens is 583 g/mol. The lowest BCUT2D eigenvalue weighted by Gasteiger charge is -2.42. The summed E-state index contributed by atoms with van der Waals surface area (Å²) in [7, 11) is 2.21. The molecule has 0 bridgehead atoms. The molecule has 0 amide bonds. The zero-order valence-corrected chi connectivity index (χ0v) is 25.2. The Labute approximate surface area is 237 Å². The number of hydrogen-bond acceptors (Lipinski definition) is 6. The molecule has 6 nitrogen and oxygen atoms in total. The summed E-state index contributed by atoms with van der Waals surface area (Å²) in [6, 6.07) is 10.5. The molecule has 1 fully saturated rings. The Morgan fingerprint density at radius 2 is 1.83 bits per heavy atom. The fraction of sp³-hybridized carbons (Fsp3) is 0.571. The van der Waals surface area contributed by atoms with Crippen molar-refractivity contribution in [3.63, 3.8) is 0 Å². The summed E-state index contributed by atoms with van der Waals surface area (Å²) in [5.41, 5.74) is 3.21. The number of amidine groups is 1. The van der Waals surface area contributed by atoms with Gasteiger partial charge in [0.2, 0.25) is 6.73 Å². The number of quaternary nitrogens is 1. The number of anilines is 2. The maximum atomic E-state index is 12.9. The Bertz CT molecular complexity index is 1040. The quantitative estimate of drug-likeness (QED) is 0.264. The third-order valence-corrected chi connectivity index (χ3v) is 8.22. The summed E-state index contributed by atoms with van der Waals surface area (Å²) in [6.45, 7) is 10.6. The van der Waals surface area contributed by atoms with Crippen molar-refractivity contribution in [1.29, 1.82) is 0 Å². The molecule has 2 aromatic rings. The highest BCUT2D eigenvalue weighted by atomic mass is 127. The summed E-state index contributed by atoms with van der Waals surface area (Å²) in [4.78, 5) is 21.7. The van der Waals surface area contributed by atoms with Crippen LogP contribution in [-0.2, 0) is 9.53 Å². The zero-order chi connectivity index (χ0) is 24.8. The standard InChI is InChI=1S/C28H41N4O2S.HI/c1-5-7-11-22(12-8-6-2)28(33)34-20-32(4)17-15-31(16-18-32)26-23-19-21(3)35-27(23)30-25-14-10-9-13-24(25)29-26;/h9-10,13-14,19,22,30H,5-8,11-12,15-18,20H2,1-4H3;1H/q+1;/p-1. The van der Waals surface area contributed by atoms with E-state index in [1.807, 2.05) is 12.1 Å². The molecule has 0 spiro atoms. The first-order chi connectivity index (χ1) is 16.9. The van der Waals surface area contributed by atoms with E-state index in [9.17, 15) is 4.79 Å². The number of halogens is 1. The first-order valence-electron chi connectivity index (χ1n) is 13.2. The maximum Gasteiger partial charge on any atom is 0.313 e. The van der Waals surface area contributed by atoms with Crippen LogP contribution in [0.1, 0.15) is 62.8 Å². The van der Waals surface area contributed by atoms with Crippen LogP contribution in [0.5, 0.6) is 0 Å². The molecule has 36 heavy (non-hydrogen) atoms. The number of nitrogens with one attached hydrogen (secondary N) is 1. The summed E-state index contributed by atoms with van der Waals surface area (Å²) in [5.74, 6) is 1.10. The first kappa shape index (κ1) is 28.9. The van der Waals surface area contributed by atoms with E-state index in [4.69, 9.17) is 9.73 Å². The van der Waals surface area contributed by atoms with Gasteiger partial charge in [-0.1, -0.05) is 51.7 Å². The van der Waals surface area contributed by atoms with E-state index in [1.54, 1.807) is 11.3 Å². The Balaban J connectivity index is 0.00000361. The Morgan fingerprint density at radius 1 is 1.17 bits per heavy atom. The molecule has 1 aromatic heterocycles. The lowest BCUT2D eigenvalue weighted by molar-refractivity contribution is -0.929. The highest BCUT2D eigenvalue weighted by molar-refractivity contribution is 7.16. The number of carbonyl (C=O) groups is 1. The number of fused-ring (bicyclic) bond motifs is 2. The van der Waals surface area contributed by atoms with E-state index in [0.717, 1.165) is 91.4 Å². The fourth-order valence-electron chi connectivity index (χ4n) is 4.89. The van der Waals surface area contributed by atoms with Crippen LogP contribution >= 0.6 is 11.3 Å². The first-order valence-corrected chi connectivity index (χ1v) is 14.0. The fourth-order valence-corrected chi connectivity index (χ4v) is 5.81. The highest BCUT2D eigenvalue weighted by Crippen LogP contribution is 2.39. The third-order valence-electron chi connectivity index (χ3n) is 7.26. The van der Waals surface area contributed by atoms with Gasteiger partial charge in [0.1, 0.15) is 10.8 Å². The number of thiophene rings is 1. The van der Waals surface area contributed by atoms with Crippen LogP contribution in [0.2, 0.25) is 0 Å². The van der Waals surface area contributed by atoms with Crippen molar-refractivity contribution in [2.24, 2.45) is 10.9 Å². The summed E-state index contributed by atoms with van der Waals surface area (Å²) < 4.78 is 6.68. The van der Waals surface area contributed by atoms with E-state index in [0.29, 0.717) is 6.73 Å². The number of aryl methyl sites for hydroxylation is 1. The minimum absolute atomic E-state index is 0. The normalized spacial score (nSPS) is 16.2. The van der Waals surface area contributed by atoms with Crippen molar-refractivity contribution in [3.05, 3.63) is 40.8 Å². The van der Waals surface area contributed by atoms with Gasteiger partial charge in [-0.25, -0.2) is 4.99 Å². The predicted octanol–water partition coefficient (Wildman–Crippen LogP) is 3.46. The minimum atomic E-state index is 0. The lowest BCUT2D eigenvalue weighted by Crippen LogP contribution is -3.00. The molecule has 4 rings (SSSR count). The van der Waals surface area contributed by atoms with E-state index in [2.05, 4.69) is 56.2 Å². The summed E-state index contributed by atoms with van der Waals surface area (Å²) in [6.07, 6.45) is 6.32. The number of rotatable bonds is 9. The van der Waals surface area contributed by atoms with Gasteiger partial charge in [-0.2, -0.15) is 0 Å². The number of hydrogen-bond donors (Lipinski definition) is 1. The monoisotopic (exact) mass is 624 g/mol. The third kappa shape index (κ3) is 7.01. The topological polar surface area (TPSA) is 53.9 Å². The number of likely N-dealkylation sites (N-methyl/N-ethyl adjacent to an activating group) is 1. The van der Waals surface area contributed by atoms with E-state index >= 15 is 0 Å². The van der Waals surface area contributed by atoms with E-state index in [1.165, 1.54) is 10.4 Å². The van der Waals surface area contributed by atoms with Crippen LogP contribution in [0, 0.1) is 12.8 Å². The van der Waals surface area contributed by atoms with Crippen molar-refractivity contribution in [2.45, 2.75) is 59.3 Å². The van der Waals surface area contributed by atoms with Crippen LogP contribution in [-0.4, -0.2) is 61.1 Å². The second-order valence-corrected chi connectivity index (χ2v) is 11.6. The minimum Gasteiger partial charge on any atom is -1.00 e. The van der Waals surface area contributed by atoms with Gasteiger partial charge in [0.05, 0.1) is 56.1 Å². The van der Waals surface area contributed by atoms with Gasteiger partial charge in [0, 0.05) is 4.88 Å².